The minimum atomic E-state index is 0.149. The van der Waals surface area contributed by atoms with E-state index in [-0.39, 0.29) is 5.91 Å². The fourth-order valence-corrected chi connectivity index (χ4v) is 4.13. The Morgan fingerprint density at radius 3 is 2.56 bits per heavy atom. The molecule has 138 valence electrons. The van der Waals surface area contributed by atoms with Crippen LogP contribution in [-0.4, -0.2) is 43.5 Å². The second kappa shape index (κ2) is 9.35. The summed E-state index contributed by atoms with van der Waals surface area (Å²) in [7, 11) is 0. The first-order valence-corrected chi connectivity index (χ1v) is 10.0. The van der Waals surface area contributed by atoms with E-state index in [4.69, 9.17) is 0 Å². The normalized spacial score (nSPS) is 20.5. The molecule has 0 radical (unpaired) electrons. The van der Waals surface area contributed by atoms with Crippen molar-refractivity contribution in [2.24, 2.45) is 11.8 Å². The lowest BCUT2D eigenvalue weighted by atomic mass is 9.84. The van der Waals surface area contributed by atoms with Crippen molar-refractivity contribution < 1.29 is 4.79 Å². The van der Waals surface area contributed by atoms with Crippen molar-refractivity contribution in [1.29, 1.82) is 0 Å². The molecule has 0 aliphatic carbocycles. The molecule has 1 aromatic carbocycles. The van der Waals surface area contributed by atoms with Crippen LogP contribution in [0.5, 0.6) is 0 Å². The van der Waals surface area contributed by atoms with E-state index >= 15 is 0 Å². The maximum Gasteiger partial charge on any atom is 0.224 e. The summed E-state index contributed by atoms with van der Waals surface area (Å²) in [5.74, 6) is 1.29. The van der Waals surface area contributed by atoms with Crippen LogP contribution in [0.4, 0.5) is 5.69 Å². The van der Waals surface area contributed by atoms with Gasteiger partial charge in [0.25, 0.3) is 0 Å². The number of hydrogen-bond acceptors (Lipinski definition) is 3. The third kappa shape index (κ3) is 5.82. The number of likely N-dealkylation sites (tertiary alicyclic amines) is 1. The smallest absolute Gasteiger partial charge is 0.224 e. The molecule has 0 bridgehead atoms. The SMILES string of the molecule is CC(CC(=O)Nc1ccc(CCN2CCCC2)cc1)C1CCNCC1. The maximum atomic E-state index is 12.3. The highest BCUT2D eigenvalue weighted by molar-refractivity contribution is 5.90. The Bertz CT molecular complexity index is 531. The summed E-state index contributed by atoms with van der Waals surface area (Å²) in [5.41, 5.74) is 2.28. The zero-order chi connectivity index (χ0) is 17.5. The Morgan fingerprint density at radius 1 is 1.20 bits per heavy atom. The second-order valence-corrected chi connectivity index (χ2v) is 7.81. The molecule has 2 fully saturated rings. The summed E-state index contributed by atoms with van der Waals surface area (Å²) in [6, 6.07) is 8.41. The molecule has 0 saturated carbocycles. The number of amides is 1. The highest BCUT2D eigenvalue weighted by Gasteiger charge is 2.22. The zero-order valence-electron chi connectivity index (χ0n) is 15.6. The van der Waals surface area contributed by atoms with E-state index in [2.05, 4.69) is 34.6 Å². The largest absolute Gasteiger partial charge is 0.326 e. The number of anilines is 1. The van der Waals surface area contributed by atoms with E-state index in [1.165, 1.54) is 44.3 Å². The molecular formula is C21H33N3O. The van der Waals surface area contributed by atoms with Crippen molar-refractivity contribution in [2.45, 2.75) is 45.4 Å². The van der Waals surface area contributed by atoms with E-state index in [0.717, 1.165) is 31.7 Å². The summed E-state index contributed by atoms with van der Waals surface area (Å²) in [6.07, 6.45) is 6.81. The van der Waals surface area contributed by atoms with E-state index in [9.17, 15) is 4.79 Å². The molecule has 4 heteroatoms. The van der Waals surface area contributed by atoms with Gasteiger partial charge in [0.1, 0.15) is 0 Å². The van der Waals surface area contributed by atoms with Gasteiger partial charge in [-0.1, -0.05) is 19.1 Å². The molecule has 2 N–H and O–H groups in total. The molecule has 1 atom stereocenters. The van der Waals surface area contributed by atoms with Crippen LogP contribution in [0.3, 0.4) is 0 Å². The first-order chi connectivity index (χ1) is 12.2. The van der Waals surface area contributed by atoms with Crippen LogP contribution >= 0.6 is 0 Å². The van der Waals surface area contributed by atoms with Crippen LogP contribution in [0.2, 0.25) is 0 Å². The molecule has 2 aliphatic heterocycles. The number of carbonyl (C=O) groups is 1. The molecule has 2 aliphatic rings. The first-order valence-electron chi connectivity index (χ1n) is 10.0. The van der Waals surface area contributed by atoms with Crippen LogP contribution in [0.1, 0.15) is 44.6 Å². The molecule has 4 nitrogen and oxygen atoms in total. The molecule has 0 aromatic heterocycles. The molecular weight excluding hydrogens is 310 g/mol. The minimum Gasteiger partial charge on any atom is -0.326 e. The summed E-state index contributed by atoms with van der Waals surface area (Å²) in [5, 5.41) is 6.46. The molecule has 25 heavy (non-hydrogen) atoms. The van der Waals surface area contributed by atoms with Crippen LogP contribution in [0.15, 0.2) is 24.3 Å². The Balaban J connectivity index is 1.41. The average molecular weight is 344 g/mol. The topological polar surface area (TPSA) is 44.4 Å². The standard InChI is InChI=1S/C21H33N3O/c1-17(19-8-11-22-12-9-19)16-21(25)23-20-6-4-18(5-7-20)10-15-24-13-2-3-14-24/h4-7,17,19,22H,2-3,8-16H2,1H3,(H,23,25). The van der Waals surface area contributed by atoms with Crippen LogP contribution in [-0.2, 0) is 11.2 Å². The van der Waals surface area contributed by atoms with E-state index in [1.54, 1.807) is 0 Å². The molecule has 2 heterocycles. The van der Waals surface area contributed by atoms with Crippen molar-refractivity contribution in [3.05, 3.63) is 29.8 Å². The van der Waals surface area contributed by atoms with Crippen molar-refractivity contribution in [3.8, 4) is 0 Å². The van der Waals surface area contributed by atoms with E-state index < -0.39 is 0 Å². The average Bonchev–Trinajstić information content (AvgIpc) is 3.15. The monoisotopic (exact) mass is 343 g/mol. The van der Waals surface area contributed by atoms with Gasteiger partial charge in [0.15, 0.2) is 0 Å². The van der Waals surface area contributed by atoms with Crippen LogP contribution in [0, 0.1) is 11.8 Å². The number of nitrogens with zero attached hydrogens (tertiary/aromatic N) is 1. The lowest BCUT2D eigenvalue weighted by Gasteiger charge is -2.27. The van der Waals surface area contributed by atoms with Gasteiger partial charge < -0.3 is 15.5 Å². The summed E-state index contributed by atoms with van der Waals surface area (Å²) < 4.78 is 0. The molecule has 1 unspecified atom stereocenters. The fraction of sp³-hybridized carbons (Fsp3) is 0.667. The quantitative estimate of drug-likeness (QED) is 0.798. The Hall–Kier alpha value is -1.39. The Labute approximate surface area is 152 Å². The van der Waals surface area contributed by atoms with Gasteiger partial charge in [-0.05, 0) is 87.8 Å². The first kappa shape index (κ1) is 18.4. The molecule has 3 rings (SSSR count). The van der Waals surface area contributed by atoms with Gasteiger partial charge in [0.2, 0.25) is 5.91 Å². The number of rotatable bonds is 7. The second-order valence-electron chi connectivity index (χ2n) is 7.81. The van der Waals surface area contributed by atoms with Crippen molar-refractivity contribution in [1.82, 2.24) is 10.2 Å². The lowest BCUT2D eigenvalue weighted by molar-refractivity contribution is -0.117. The van der Waals surface area contributed by atoms with Gasteiger partial charge in [-0.3, -0.25) is 4.79 Å². The van der Waals surface area contributed by atoms with Gasteiger partial charge in [-0.2, -0.15) is 0 Å². The number of nitrogens with one attached hydrogen (secondary N) is 2. The summed E-state index contributed by atoms with van der Waals surface area (Å²) in [6.45, 7) is 8.06. The highest BCUT2D eigenvalue weighted by Crippen LogP contribution is 2.24. The van der Waals surface area contributed by atoms with Crippen molar-refractivity contribution in [2.75, 3.05) is 38.0 Å². The Kier molecular flexibility index (Phi) is 6.88. The predicted molar refractivity (Wildman–Crippen MR) is 104 cm³/mol. The Morgan fingerprint density at radius 2 is 1.88 bits per heavy atom. The minimum absolute atomic E-state index is 0.149. The van der Waals surface area contributed by atoms with Gasteiger partial charge in [-0.15, -0.1) is 0 Å². The summed E-state index contributed by atoms with van der Waals surface area (Å²) >= 11 is 0. The maximum absolute atomic E-state index is 12.3. The van der Waals surface area contributed by atoms with E-state index in [1.807, 2.05) is 12.1 Å². The van der Waals surface area contributed by atoms with Crippen LogP contribution in [0.25, 0.3) is 0 Å². The van der Waals surface area contributed by atoms with Gasteiger partial charge in [0, 0.05) is 18.7 Å². The zero-order valence-corrected chi connectivity index (χ0v) is 15.6. The number of carbonyl (C=O) groups excluding carboxylic acids is 1. The third-order valence-corrected chi connectivity index (χ3v) is 5.85. The summed E-state index contributed by atoms with van der Waals surface area (Å²) in [4.78, 5) is 14.9. The van der Waals surface area contributed by atoms with Gasteiger partial charge in [-0.25, -0.2) is 0 Å². The molecule has 2 saturated heterocycles. The number of benzene rings is 1. The molecule has 0 spiro atoms. The number of hydrogen-bond donors (Lipinski definition) is 2. The lowest BCUT2D eigenvalue weighted by Crippen LogP contribution is -2.32. The van der Waals surface area contributed by atoms with Crippen molar-refractivity contribution in [3.63, 3.8) is 0 Å². The molecule has 1 aromatic rings. The highest BCUT2D eigenvalue weighted by atomic mass is 16.1. The number of piperidine rings is 1. The predicted octanol–water partition coefficient (Wildman–Crippen LogP) is 3.29. The van der Waals surface area contributed by atoms with Gasteiger partial charge in [0.05, 0.1) is 0 Å². The van der Waals surface area contributed by atoms with Gasteiger partial charge >= 0.3 is 0 Å². The van der Waals surface area contributed by atoms with Crippen molar-refractivity contribution >= 4 is 11.6 Å². The molecule has 1 amide bonds. The van der Waals surface area contributed by atoms with E-state index in [0.29, 0.717) is 18.3 Å². The van der Waals surface area contributed by atoms with Crippen LogP contribution < -0.4 is 10.6 Å². The third-order valence-electron chi connectivity index (χ3n) is 5.85. The fourth-order valence-electron chi connectivity index (χ4n) is 4.13.